The van der Waals surface area contributed by atoms with Crippen molar-refractivity contribution in [2.24, 2.45) is 23.7 Å². The van der Waals surface area contributed by atoms with Gasteiger partial charge in [-0.05, 0) is 247 Å². The van der Waals surface area contributed by atoms with Crippen molar-refractivity contribution < 1.29 is 42.9 Å². The van der Waals surface area contributed by atoms with Gasteiger partial charge in [-0.2, -0.15) is 0 Å². The average molecular weight is 1720 g/mol. The summed E-state index contributed by atoms with van der Waals surface area (Å²) >= 11 is 30.2. The van der Waals surface area contributed by atoms with E-state index < -0.39 is 0 Å². The topological polar surface area (TPSA) is 336 Å². The van der Waals surface area contributed by atoms with Gasteiger partial charge in [-0.3, -0.25) is 73.4 Å². The Morgan fingerprint density at radius 1 is 0.407 bits per heavy atom. The van der Waals surface area contributed by atoms with Crippen molar-refractivity contribution in [1.82, 2.24) is 72.7 Å². The standard InChI is InChI=1S/C19H25ClN4O2.C17H21ClN4O2.C17H23ClN4O2.C16H19ClN4O2.C15H19ClN4O/c1-19(2)11-12(8-9-26-19)10-16(25)23-18-21-14-6-7-15(20)22-17(14)24(18)13-4-3-5-13;18-14-5-4-13-16(20-14)22(12-2-1-3-12)17(19-13)21-15(23)10-11-6-8-24-9-7-11;1-17(2,3)24-10-9-14(23)21-16-19-12-7-8-13(18)20-15(12)22(16)11-5-4-6-11;17-13-5-4-12-15(19-13)21(11-2-1-3-11)16(18-12)20-14(22)8-10-6-7-23-9-10;1-9(2)8-13(21)19-15-17-11-6-7-12(16)18-14(11)20(15)10-4-3-5-10/h6-7,12-13H,3-5,8-11H2,1-2H3,(H,21,23,25);4-5,11-12H,1-3,6-10H2,(H,19,21,23);7-8,11H,4-6,9-10H2,1-3H3,(H,19,21,23);4-5,10-11H,1-3,6-9H2,(H,18,20,22);6-7,9-10H,3-5,8H2,1-2H3,(H,17,19,21). The van der Waals surface area contributed by atoms with Crippen LogP contribution < -0.4 is 26.6 Å². The maximum atomic E-state index is 12.7. The molecule has 8 fully saturated rings. The number of anilines is 5. The molecular formula is C84H107Cl5N20O9. The Morgan fingerprint density at radius 3 is 1.00 bits per heavy atom. The van der Waals surface area contributed by atoms with Gasteiger partial charge >= 0.3 is 0 Å². The molecule has 10 aromatic heterocycles. The molecule has 10 aromatic rings. The van der Waals surface area contributed by atoms with Gasteiger partial charge in [-0.15, -0.1) is 0 Å². The Balaban J connectivity index is 0.000000121. The molecule has 5 saturated carbocycles. The highest BCUT2D eigenvalue weighted by atomic mass is 35.5. The number of hydrogen-bond donors (Lipinski definition) is 5. The lowest BCUT2D eigenvalue weighted by atomic mass is 9.86. The second kappa shape index (κ2) is 38.6. The molecule has 5 aliphatic carbocycles. The molecule has 34 heteroatoms. The van der Waals surface area contributed by atoms with Crippen LogP contribution in [0.2, 0.25) is 25.8 Å². The van der Waals surface area contributed by atoms with Crippen LogP contribution >= 0.6 is 58.0 Å². The summed E-state index contributed by atoms with van der Waals surface area (Å²) in [7, 11) is 0. The minimum absolute atomic E-state index is 0.00743. The second-order valence-corrected chi connectivity index (χ2v) is 36.2. The molecule has 0 bridgehead atoms. The van der Waals surface area contributed by atoms with Crippen LogP contribution in [-0.2, 0) is 42.9 Å². The van der Waals surface area contributed by atoms with E-state index in [9.17, 15) is 24.0 Å². The maximum absolute atomic E-state index is 12.7. The molecule has 2 unspecified atom stereocenters. The molecule has 118 heavy (non-hydrogen) atoms. The highest BCUT2D eigenvalue weighted by Crippen LogP contribution is 2.43. The van der Waals surface area contributed by atoms with Gasteiger partial charge in [0.25, 0.3) is 0 Å². The fourth-order valence-electron chi connectivity index (χ4n) is 15.9. The van der Waals surface area contributed by atoms with Crippen LogP contribution in [-0.4, -0.2) is 153 Å². The number of aromatic nitrogens is 15. The van der Waals surface area contributed by atoms with E-state index >= 15 is 0 Å². The molecule has 5 N–H and O–H groups in total. The predicted molar refractivity (Wildman–Crippen MR) is 459 cm³/mol. The lowest BCUT2D eigenvalue weighted by Gasteiger charge is -2.35. The van der Waals surface area contributed by atoms with Gasteiger partial charge in [-0.25, -0.2) is 49.8 Å². The van der Waals surface area contributed by atoms with Gasteiger partial charge < -0.3 is 18.9 Å². The summed E-state index contributed by atoms with van der Waals surface area (Å²) in [6, 6.07) is 19.6. The fourth-order valence-corrected chi connectivity index (χ4v) is 16.6. The van der Waals surface area contributed by atoms with Gasteiger partial charge in [0, 0.05) is 88.9 Å². The van der Waals surface area contributed by atoms with Crippen molar-refractivity contribution in [3.8, 4) is 0 Å². The van der Waals surface area contributed by atoms with Crippen molar-refractivity contribution in [1.29, 1.82) is 0 Å². The average Bonchev–Trinajstić information content (AvgIpc) is 1.65. The van der Waals surface area contributed by atoms with Crippen LogP contribution in [0.1, 0.15) is 239 Å². The largest absolute Gasteiger partial charge is 0.381 e. The lowest BCUT2D eigenvalue weighted by molar-refractivity contribution is -0.120. The minimum Gasteiger partial charge on any atom is -0.381 e. The van der Waals surface area contributed by atoms with Crippen LogP contribution in [0.4, 0.5) is 29.7 Å². The molecule has 18 rings (SSSR count). The molecule has 13 heterocycles. The zero-order valence-electron chi connectivity index (χ0n) is 68.2. The molecular weight excluding hydrogens is 1610 g/mol. The summed E-state index contributed by atoms with van der Waals surface area (Å²) in [5.41, 5.74) is 7.17. The first-order valence-corrected chi connectivity index (χ1v) is 43.7. The number of carbonyl (C=O) groups excluding carboxylic acids is 5. The summed E-state index contributed by atoms with van der Waals surface area (Å²) in [5, 5.41) is 17.1. The number of fused-ring (bicyclic) bond motifs is 5. The summed E-state index contributed by atoms with van der Waals surface area (Å²) < 4.78 is 32.2. The zero-order chi connectivity index (χ0) is 82.9. The van der Waals surface area contributed by atoms with E-state index in [0.29, 0.717) is 161 Å². The van der Waals surface area contributed by atoms with Crippen molar-refractivity contribution in [2.45, 2.75) is 250 Å². The quantitative estimate of drug-likeness (QED) is 0.0417. The summed E-state index contributed by atoms with van der Waals surface area (Å²) in [4.78, 5) is 107. The normalized spacial score (nSPS) is 19.1. The molecule has 2 atom stereocenters. The lowest BCUT2D eigenvalue weighted by Crippen LogP contribution is -2.35. The highest BCUT2D eigenvalue weighted by molar-refractivity contribution is 6.31. The van der Waals surface area contributed by atoms with E-state index in [2.05, 4.69) is 94.8 Å². The Labute approximate surface area is 711 Å². The van der Waals surface area contributed by atoms with E-state index in [1.807, 2.05) is 83.2 Å². The number of ether oxygens (including phenoxy) is 4. The number of nitrogens with one attached hydrogen (secondary N) is 5. The molecule has 0 radical (unpaired) electrons. The summed E-state index contributed by atoms with van der Waals surface area (Å²) in [6.45, 7) is 18.1. The third-order valence-electron chi connectivity index (χ3n) is 23.0. The number of halogens is 5. The van der Waals surface area contributed by atoms with E-state index in [1.54, 1.807) is 30.3 Å². The summed E-state index contributed by atoms with van der Waals surface area (Å²) in [5.74, 6) is 4.18. The summed E-state index contributed by atoms with van der Waals surface area (Å²) in [6.07, 6.45) is 23.7. The smallest absolute Gasteiger partial charge is 0.229 e. The molecule has 3 saturated heterocycles. The van der Waals surface area contributed by atoms with E-state index in [0.717, 1.165) is 172 Å². The Kier molecular flexibility index (Phi) is 28.2. The monoisotopic (exact) mass is 1710 g/mol. The highest BCUT2D eigenvalue weighted by Gasteiger charge is 2.35. The molecule has 0 aromatic carbocycles. The van der Waals surface area contributed by atoms with Gasteiger partial charge in [0.1, 0.15) is 53.3 Å². The Bertz CT molecular complexity index is 5220. The predicted octanol–water partition coefficient (Wildman–Crippen LogP) is 18.8. The first-order valence-electron chi connectivity index (χ1n) is 41.8. The van der Waals surface area contributed by atoms with E-state index in [1.165, 1.54) is 32.1 Å². The van der Waals surface area contributed by atoms with Crippen LogP contribution in [0.5, 0.6) is 0 Å². The molecule has 0 spiro atoms. The van der Waals surface area contributed by atoms with Gasteiger partial charge in [0.15, 0.2) is 28.2 Å². The van der Waals surface area contributed by atoms with Crippen molar-refractivity contribution in [3.63, 3.8) is 0 Å². The minimum atomic E-state index is -0.250. The van der Waals surface area contributed by atoms with Crippen LogP contribution in [0.3, 0.4) is 0 Å². The molecule has 29 nitrogen and oxygen atoms in total. The van der Waals surface area contributed by atoms with Gasteiger partial charge in [0.2, 0.25) is 59.3 Å². The van der Waals surface area contributed by atoms with Crippen LogP contribution in [0.25, 0.3) is 55.8 Å². The number of rotatable bonds is 21. The number of nitrogens with zero attached hydrogens (tertiary/aromatic N) is 15. The van der Waals surface area contributed by atoms with E-state index in [-0.39, 0.29) is 40.7 Å². The first-order chi connectivity index (χ1) is 56.7. The molecule has 8 aliphatic rings. The van der Waals surface area contributed by atoms with Crippen LogP contribution in [0.15, 0.2) is 60.7 Å². The van der Waals surface area contributed by atoms with E-state index in [4.69, 9.17) is 77.0 Å². The third-order valence-corrected chi connectivity index (χ3v) is 24.1. The third kappa shape index (κ3) is 21.9. The van der Waals surface area contributed by atoms with Crippen molar-refractivity contribution in [3.05, 3.63) is 86.4 Å². The second-order valence-electron chi connectivity index (χ2n) is 34.2. The fraction of sp³-hybridized carbons (Fsp3) is 0.583. The maximum Gasteiger partial charge on any atom is 0.229 e. The van der Waals surface area contributed by atoms with Gasteiger partial charge in [-0.1, -0.05) is 71.9 Å². The van der Waals surface area contributed by atoms with Crippen molar-refractivity contribution >= 4 is 173 Å². The zero-order valence-corrected chi connectivity index (χ0v) is 71.9. The van der Waals surface area contributed by atoms with Crippen molar-refractivity contribution in [2.75, 3.05) is 66.2 Å². The van der Waals surface area contributed by atoms with Crippen LogP contribution in [0, 0.1) is 23.7 Å². The SMILES string of the molecule is CC(C)(C)OCCC(=O)Nc1nc2ccc(Cl)nc2n1C1CCC1.CC(C)CC(=O)Nc1nc2ccc(Cl)nc2n1C1CCC1.CC1(C)CC(CC(=O)Nc2nc3ccc(Cl)nc3n2C2CCC2)CCO1.O=C(CC1CCOC1)Nc1nc2ccc(Cl)nc2n1C1CCC1.O=C(CC1CCOCC1)Nc1nc2ccc(Cl)nc2n1C1CCC1. The number of amides is 5. The number of pyridine rings is 5. The first kappa shape index (κ1) is 86.1. The van der Waals surface area contributed by atoms with Gasteiger partial charge in [0.05, 0.1) is 24.2 Å². The number of imidazole rings is 5. The molecule has 632 valence electrons. The molecule has 5 amide bonds. The number of carbonyl (C=O) groups is 5. The Morgan fingerprint density at radius 2 is 0.703 bits per heavy atom. The number of hydrogen-bond acceptors (Lipinski definition) is 19. The Hall–Kier alpha value is -8.26. The molecule has 3 aliphatic heterocycles.